The third kappa shape index (κ3) is 6.12. The minimum atomic E-state index is -0.679. The molecule has 0 radical (unpaired) electrons. The van der Waals surface area contributed by atoms with E-state index in [4.69, 9.17) is 5.73 Å². The minimum absolute atomic E-state index is 0. The maximum absolute atomic E-state index is 12.5. The number of anilines is 1. The number of carbonyl (C=O) groups excluding carboxylic acids is 1. The highest BCUT2D eigenvalue weighted by molar-refractivity contribution is 5.98. The largest absolute Gasteiger partial charge is 0.324 e. The molecule has 148 valence electrons. The molecule has 2 fully saturated rings. The van der Waals surface area contributed by atoms with Crippen molar-refractivity contribution in [2.45, 2.75) is 64.0 Å². The number of likely N-dealkylation sites (tertiary alicyclic amines) is 1. The van der Waals surface area contributed by atoms with E-state index in [1.807, 2.05) is 12.1 Å². The number of halogens is 2. The highest BCUT2D eigenvalue weighted by Crippen LogP contribution is 2.27. The zero-order valence-electron chi connectivity index (χ0n) is 15.7. The van der Waals surface area contributed by atoms with Gasteiger partial charge in [-0.25, -0.2) is 0 Å². The van der Waals surface area contributed by atoms with Crippen LogP contribution in [-0.4, -0.2) is 29.4 Å². The summed E-state index contributed by atoms with van der Waals surface area (Å²) in [5.41, 5.74) is 7.78. The molecule has 3 rings (SSSR count). The predicted octanol–water partition coefficient (Wildman–Crippen LogP) is 4.36. The third-order valence-electron chi connectivity index (χ3n) is 5.69. The number of rotatable bonds is 4. The second-order valence-electron chi connectivity index (χ2n) is 7.83. The first-order valence-corrected chi connectivity index (χ1v) is 9.47. The van der Waals surface area contributed by atoms with Crippen molar-refractivity contribution in [3.63, 3.8) is 0 Å². The lowest BCUT2D eigenvalue weighted by atomic mass is 9.82. The van der Waals surface area contributed by atoms with Gasteiger partial charge in [-0.05, 0) is 62.4 Å². The van der Waals surface area contributed by atoms with E-state index in [-0.39, 0.29) is 30.7 Å². The SMILES string of the molecule is CC1CCN(Cc2ccc(NC(=O)C3(N)CCCCC3)cc2)CC1.Cl.Cl. The van der Waals surface area contributed by atoms with Crippen LogP contribution in [-0.2, 0) is 11.3 Å². The number of nitrogens with one attached hydrogen (secondary N) is 1. The molecule has 6 heteroatoms. The molecule has 0 bridgehead atoms. The summed E-state index contributed by atoms with van der Waals surface area (Å²) in [6.45, 7) is 5.72. The van der Waals surface area contributed by atoms with Crippen molar-refractivity contribution >= 4 is 36.4 Å². The molecular formula is C20H33Cl2N3O. The topological polar surface area (TPSA) is 58.4 Å². The molecular weight excluding hydrogens is 369 g/mol. The Balaban J connectivity index is 0.00000169. The van der Waals surface area contributed by atoms with Crippen molar-refractivity contribution in [3.8, 4) is 0 Å². The zero-order chi connectivity index (χ0) is 17.0. The van der Waals surface area contributed by atoms with Crippen LogP contribution in [0, 0.1) is 5.92 Å². The number of carbonyl (C=O) groups is 1. The van der Waals surface area contributed by atoms with E-state index >= 15 is 0 Å². The first kappa shape index (κ1) is 23.2. The summed E-state index contributed by atoms with van der Waals surface area (Å²) in [5, 5.41) is 3.01. The van der Waals surface area contributed by atoms with Gasteiger partial charge in [0, 0.05) is 12.2 Å². The lowest BCUT2D eigenvalue weighted by molar-refractivity contribution is -0.122. The summed E-state index contributed by atoms with van der Waals surface area (Å²) in [6, 6.07) is 8.26. The summed E-state index contributed by atoms with van der Waals surface area (Å²) in [4.78, 5) is 15.0. The molecule has 1 aromatic carbocycles. The molecule has 4 nitrogen and oxygen atoms in total. The summed E-state index contributed by atoms with van der Waals surface area (Å²) >= 11 is 0. The van der Waals surface area contributed by atoms with Gasteiger partial charge in [-0.15, -0.1) is 24.8 Å². The Kier molecular flexibility index (Phi) is 9.39. The average Bonchev–Trinajstić information content (AvgIpc) is 2.59. The summed E-state index contributed by atoms with van der Waals surface area (Å²) < 4.78 is 0. The highest BCUT2D eigenvalue weighted by atomic mass is 35.5. The fraction of sp³-hybridized carbons (Fsp3) is 0.650. The maximum atomic E-state index is 12.5. The normalized spacial score (nSPS) is 20.5. The molecule has 3 N–H and O–H groups in total. The molecule has 0 spiro atoms. The predicted molar refractivity (Wildman–Crippen MR) is 113 cm³/mol. The Hall–Kier alpha value is -0.810. The molecule has 1 heterocycles. The molecule has 1 amide bonds. The fourth-order valence-corrected chi connectivity index (χ4v) is 3.84. The van der Waals surface area contributed by atoms with Gasteiger partial charge in [-0.3, -0.25) is 9.69 Å². The van der Waals surface area contributed by atoms with E-state index in [0.29, 0.717) is 0 Å². The smallest absolute Gasteiger partial charge is 0.244 e. The first-order chi connectivity index (χ1) is 11.5. The van der Waals surface area contributed by atoms with Crippen molar-refractivity contribution in [2.75, 3.05) is 18.4 Å². The van der Waals surface area contributed by atoms with Crippen molar-refractivity contribution in [3.05, 3.63) is 29.8 Å². The monoisotopic (exact) mass is 401 g/mol. The van der Waals surface area contributed by atoms with Crippen molar-refractivity contribution in [2.24, 2.45) is 11.7 Å². The van der Waals surface area contributed by atoms with Crippen LogP contribution in [0.15, 0.2) is 24.3 Å². The van der Waals surface area contributed by atoms with Crippen LogP contribution in [0.5, 0.6) is 0 Å². The van der Waals surface area contributed by atoms with Crippen molar-refractivity contribution in [1.29, 1.82) is 0 Å². The zero-order valence-corrected chi connectivity index (χ0v) is 17.3. The van der Waals surface area contributed by atoms with Crippen LogP contribution in [0.4, 0.5) is 5.69 Å². The Morgan fingerprint density at radius 2 is 1.69 bits per heavy atom. The van der Waals surface area contributed by atoms with Crippen LogP contribution < -0.4 is 11.1 Å². The molecule has 1 saturated carbocycles. The number of benzene rings is 1. The Labute approximate surface area is 170 Å². The van der Waals surface area contributed by atoms with Gasteiger partial charge in [0.1, 0.15) is 0 Å². The van der Waals surface area contributed by atoms with Crippen LogP contribution in [0.3, 0.4) is 0 Å². The third-order valence-corrected chi connectivity index (χ3v) is 5.69. The van der Waals surface area contributed by atoms with E-state index in [9.17, 15) is 4.79 Å². The van der Waals surface area contributed by atoms with E-state index in [2.05, 4.69) is 29.3 Å². The number of nitrogens with two attached hydrogens (primary N) is 1. The number of piperidine rings is 1. The van der Waals surface area contributed by atoms with E-state index in [1.54, 1.807) is 0 Å². The van der Waals surface area contributed by atoms with E-state index in [0.717, 1.165) is 43.8 Å². The molecule has 1 aliphatic heterocycles. The lowest BCUT2D eigenvalue weighted by Gasteiger charge is -2.32. The quantitative estimate of drug-likeness (QED) is 0.787. The summed E-state index contributed by atoms with van der Waals surface area (Å²) in [6.07, 6.45) is 7.48. The lowest BCUT2D eigenvalue weighted by Crippen LogP contribution is -2.52. The number of hydrogen-bond acceptors (Lipinski definition) is 3. The summed E-state index contributed by atoms with van der Waals surface area (Å²) in [7, 11) is 0. The number of hydrogen-bond donors (Lipinski definition) is 2. The maximum Gasteiger partial charge on any atom is 0.244 e. The van der Waals surface area contributed by atoms with E-state index < -0.39 is 5.54 Å². The van der Waals surface area contributed by atoms with Gasteiger partial charge in [0.2, 0.25) is 5.91 Å². The summed E-state index contributed by atoms with van der Waals surface area (Å²) in [5.74, 6) is 0.835. The second kappa shape index (κ2) is 10.5. The number of nitrogens with zero attached hydrogens (tertiary/aromatic N) is 1. The highest BCUT2D eigenvalue weighted by Gasteiger charge is 2.35. The fourth-order valence-electron chi connectivity index (χ4n) is 3.84. The molecule has 1 saturated heterocycles. The van der Waals surface area contributed by atoms with Gasteiger partial charge in [0.05, 0.1) is 5.54 Å². The molecule has 0 unspecified atom stereocenters. The van der Waals surface area contributed by atoms with Crippen LogP contribution in [0.25, 0.3) is 0 Å². The first-order valence-electron chi connectivity index (χ1n) is 9.47. The minimum Gasteiger partial charge on any atom is -0.324 e. The average molecular weight is 402 g/mol. The molecule has 1 aliphatic carbocycles. The van der Waals surface area contributed by atoms with E-state index in [1.165, 1.54) is 37.9 Å². The van der Waals surface area contributed by atoms with Crippen LogP contribution in [0.2, 0.25) is 0 Å². The van der Waals surface area contributed by atoms with Gasteiger partial charge >= 0.3 is 0 Å². The van der Waals surface area contributed by atoms with Crippen LogP contribution in [0.1, 0.15) is 57.4 Å². The molecule has 2 aliphatic rings. The Bertz CT molecular complexity index is 551. The Morgan fingerprint density at radius 3 is 2.27 bits per heavy atom. The van der Waals surface area contributed by atoms with Gasteiger partial charge in [-0.1, -0.05) is 38.3 Å². The van der Waals surface area contributed by atoms with Gasteiger partial charge < -0.3 is 11.1 Å². The van der Waals surface area contributed by atoms with Gasteiger partial charge in [0.25, 0.3) is 0 Å². The number of amides is 1. The van der Waals surface area contributed by atoms with Crippen molar-refractivity contribution in [1.82, 2.24) is 4.90 Å². The second-order valence-corrected chi connectivity index (χ2v) is 7.83. The molecule has 0 aromatic heterocycles. The molecule has 26 heavy (non-hydrogen) atoms. The standard InChI is InChI=1S/C20H31N3O.2ClH/c1-16-9-13-23(14-10-16)15-17-5-7-18(8-6-17)22-19(24)20(21)11-3-2-4-12-20;;/h5-8,16H,2-4,9-15,21H2,1H3,(H,22,24);2*1H. The molecule has 1 aromatic rings. The van der Waals surface area contributed by atoms with Gasteiger partial charge in [-0.2, -0.15) is 0 Å². The van der Waals surface area contributed by atoms with Crippen LogP contribution >= 0.6 is 24.8 Å². The van der Waals surface area contributed by atoms with Crippen molar-refractivity contribution < 1.29 is 4.79 Å². The Morgan fingerprint density at radius 1 is 1.12 bits per heavy atom. The van der Waals surface area contributed by atoms with Gasteiger partial charge in [0.15, 0.2) is 0 Å². The molecule has 0 atom stereocenters.